The minimum atomic E-state index is -0.980. The number of benzene rings is 3. The van der Waals surface area contributed by atoms with Gasteiger partial charge in [0.05, 0.1) is 37.1 Å². The van der Waals surface area contributed by atoms with Crippen LogP contribution in [0.5, 0.6) is 11.5 Å². The molecule has 4 N–H and O–H groups in total. The molecule has 0 radical (unpaired) electrons. The molecule has 11 heteroatoms. The Balaban J connectivity index is 1.67. The minimum absolute atomic E-state index is 0.00257. The lowest BCUT2D eigenvalue weighted by atomic mass is 10.1. The monoisotopic (exact) mass is 531 g/mol. The van der Waals surface area contributed by atoms with E-state index in [2.05, 4.69) is 15.6 Å². The van der Waals surface area contributed by atoms with Crippen LogP contribution >= 0.6 is 11.8 Å². The number of carbonyl (C=O) groups excluding carboxylic acids is 2. The largest absolute Gasteiger partial charge is 0.493 e. The summed E-state index contributed by atoms with van der Waals surface area (Å²) in [5.41, 5.74) is 7.93. The molecule has 1 heterocycles. The summed E-state index contributed by atoms with van der Waals surface area (Å²) in [6.45, 7) is 0. The Hall–Kier alpha value is -4.82. The second kappa shape index (κ2) is 11.5. The molecule has 1 aliphatic rings. The number of ether oxygens (including phenoxy) is 2. The van der Waals surface area contributed by atoms with Gasteiger partial charge in [-0.2, -0.15) is 5.26 Å². The highest BCUT2D eigenvalue weighted by Crippen LogP contribution is 2.36. The van der Waals surface area contributed by atoms with Gasteiger partial charge in [-0.3, -0.25) is 9.59 Å². The Morgan fingerprint density at radius 1 is 1.00 bits per heavy atom. The topological polar surface area (TPSA) is 139 Å². The number of nitriles is 1. The van der Waals surface area contributed by atoms with Crippen molar-refractivity contribution in [1.29, 1.82) is 5.26 Å². The molecule has 0 unspecified atom stereocenters. The zero-order valence-corrected chi connectivity index (χ0v) is 21.1. The van der Waals surface area contributed by atoms with Crippen molar-refractivity contribution in [2.24, 2.45) is 10.7 Å². The zero-order chi connectivity index (χ0) is 27.2. The molecular weight excluding hydrogens is 509 g/mol. The van der Waals surface area contributed by atoms with Crippen LogP contribution in [0.25, 0.3) is 0 Å². The minimum Gasteiger partial charge on any atom is -0.493 e. The Kier molecular flexibility index (Phi) is 7.94. The third kappa shape index (κ3) is 5.77. The van der Waals surface area contributed by atoms with E-state index in [4.69, 9.17) is 20.5 Å². The van der Waals surface area contributed by atoms with Crippen LogP contribution in [-0.2, 0) is 9.59 Å². The van der Waals surface area contributed by atoms with Crippen molar-refractivity contribution in [3.8, 4) is 17.6 Å². The maximum atomic E-state index is 13.4. The smallest absolute Gasteiger partial charge is 0.260 e. The number of aliphatic imine (C=N–C) groups is 1. The third-order valence-electron chi connectivity index (χ3n) is 5.44. The first-order valence-corrected chi connectivity index (χ1v) is 12.1. The molecule has 0 saturated carbocycles. The lowest BCUT2D eigenvalue weighted by Gasteiger charge is -2.12. The number of amides is 2. The number of halogens is 1. The van der Waals surface area contributed by atoms with Crippen molar-refractivity contribution in [2.75, 3.05) is 24.9 Å². The molecule has 0 saturated heterocycles. The molecule has 0 fully saturated rings. The van der Waals surface area contributed by atoms with Gasteiger partial charge in [0.15, 0.2) is 11.5 Å². The van der Waals surface area contributed by atoms with Crippen molar-refractivity contribution in [3.63, 3.8) is 0 Å². The Bertz CT molecular complexity index is 1500. The summed E-state index contributed by atoms with van der Waals surface area (Å²) in [5.74, 6) is -0.638. The molecular formula is C27H22FN5O4S. The number of thioether (sulfide) groups is 1. The van der Waals surface area contributed by atoms with Crippen molar-refractivity contribution >= 4 is 45.7 Å². The fourth-order valence-corrected chi connectivity index (χ4v) is 4.73. The molecule has 0 bridgehead atoms. The standard InChI is InChI=1S/C27H22FN5O4S/c1-36-20-11-10-19(13-21(20)37-2)31-25(34)22-23(30)24(26(35)32-18-5-3-4-15(12-18)14-29)38-27(22)33-17-8-6-16(28)7-9-17/h3-13,24H,30H2,1-2H3,(H,31,34)(H,32,35)/t24-/m1/s1. The number of nitrogens with two attached hydrogens (primary N) is 1. The van der Waals surface area contributed by atoms with Gasteiger partial charge in [-0.1, -0.05) is 17.8 Å². The van der Waals surface area contributed by atoms with E-state index >= 15 is 0 Å². The van der Waals surface area contributed by atoms with Crippen LogP contribution in [0.4, 0.5) is 21.5 Å². The molecule has 0 spiro atoms. The predicted octanol–water partition coefficient (Wildman–Crippen LogP) is 4.35. The van der Waals surface area contributed by atoms with Crippen molar-refractivity contribution in [3.05, 3.63) is 89.4 Å². The number of carbonyl (C=O) groups is 2. The third-order valence-corrected chi connectivity index (χ3v) is 6.66. The first-order chi connectivity index (χ1) is 18.3. The number of rotatable bonds is 7. The van der Waals surface area contributed by atoms with Gasteiger partial charge in [0.2, 0.25) is 5.91 Å². The molecule has 1 aliphatic heterocycles. The van der Waals surface area contributed by atoms with E-state index in [9.17, 15) is 14.0 Å². The van der Waals surface area contributed by atoms with E-state index in [0.717, 1.165) is 11.8 Å². The summed E-state index contributed by atoms with van der Waals surface area (Å²) < 4.78 is 23.9. The summed E-state index contributed by atoms with van der Waals surface area (Å²) in [6, 6.07) is 18.6. The average Bonchev–Trinajstić information content (AvgIpc) is 3.25. The van der Waals surface area contributed by atoms with Gasteiger partial charge >= 0.3 is 0 Å². The van der Waals surface area contributed by atoms with Gasteiger partial charge in [-0.25, -0.2) is 9.38 Å². The lowest BCUT2D eigenvalue weighted by Crippen LogP contribution is -2.29. The number of hydrogen-bond acceptors (Lipinski definition) is 8. The van der Waals surface area contributed by atoms with Crippen LogP contribution in [0, 0.1) is 17.1 Å². The maximum absolute atomic E-state index is 13.4. The summed E-state index contributed by atoms with van der Waals surface area (Å²) in [7, 11) is 2.97. The molecule has 3 aromatic carbocycles. The SMILES string of the molecule is COc1ccc(NC(=O)C2=C(N)[C@H](C(=O)Nc3cccc(C#N)c3)SC2=Nc2ccc(F)cc2)cc1OC. The number of nitrogens with one attached hydrogen (secondary N) is 2. The Morgan fingerprint density at radius 2 is 1.71 bits per heavy atom. The quantitative estimate of drug-likeness (QED) is 0.412. The number of anilines is 2. The van der Waals surface area contributed by atoms with Crippen LogP contribution in [0.1, 0.15) is 5.56 Å². The van der Waals surface area contributed by atoms with Crippen molar-refractivity contribution < 1.29 is 23.5 Å². The lowest BCUT2D eigenvalue weighted by molar-refractivity contribution is -0.115. The number of nitrogens with zero attached hydrogens (tertiary/aromatic N) is 2. The Morgan fingerprint density at radius 3 is 2.39 bits per heavy atom. The van der Waals surface area contributed by atoms with E-state index < -0.39 is 22.9 Å². The molecule has 1 atom stereocenters. The summed E-state index contributed by atoms with van der Waals surface area (Å²) in [5, 5.41) is 13.8. The van der Waals surface area contributed by atoms with Crippen LogP contribution in [0.15, 0.2) is 83.0 Å². The van der Waals surface area contributed by atoms with Gasteiger partial charge in [0, 0.05) is 23.1 Å². The van der Waals surface area contributed by atoms with Crippen LogP contribution in [-0.4, -0.2) is 36.3 Å². The first-order valence-electron chi connectivity index (χ1n) is 11.2. The van der Waals surface area contributed by atoms with E-state index in [1.807, 2.05) is 6.07 Å². The van der Waals surface area contributed by atoms with E-state index in [1.165, 1.54) is 44.6 Å². The molecule has 192 valence electrons. The first kappa shape index (κ1) is 26.2. The van der Waals surface area contributed by atoms with E-state index in [1.54, 1.807) is 36.4 Å². The maximum Gasteiger partial charge on any atom is 0.260 e. The van der Waals surface area contributed by atoms with Gasteiger partial charge < -0.3 is 25.8 Å². The van der Waals surface area contributed by atoms with Crippen LogP contribution < -0.4 is 25.8 Å². The van der Waals surface area contributed by atoms with Crippen LogP contribution in [0.3, 0.4) is 0 Å². The molecule has 3 aromatic rings. The van der Waals surface area contributed by atoms with Gasteiger partial charge in [-0.05, 0) is 54.6 Å². The van der Waals surface area contributed by atoms with Crippen molar-refractivity contribution in [2.45, 2.75) is 5.25 Å². The van der Waals surface area contributed by atoms with Crippen molar-refractivity contribution in [1.82, 2.24) is 0 Å². The summed E-state index contributed by atoms with van der Waals surface area (Å²) in [6.07, 6.45) is 0. The summed E-state index contributed by atoms with van der Waals surface area (Å²) in [4.78, 5) is 31.0. The fourth-order valence-electron chi connectivity index (χ4n) is 3.61. The second-order valence-corrected chi connectivity index (χ2v) is 9.02. The van der Waals surface area contributed by atoms with Crippen LogP contribution in [0.2, 0.25) is 0 Å². The molecule has 4 rings (SSSR count). The molecule has 0 aromatic heterocycles. The van der Waals surface area contributed by atoms with Gasteiger partial charge in [0.25, 0.3) is 5.91 Å². The normalized spacial score (nSPS) is 15.6. The second-order valence-electron chi connectivity index (χ2n) is 7.93. The van der Waals surface area contributed by atoms with E-state index in [0.29, 0.717) is 34.1 Å². The van der Waals surface area contributed by atoms with E-state index in [-0.39, 0.29) is 16.3 Å². The average molecular weight is 532 g/mol. The highest BCUT2D eigenvalue weighted by molar-refractivity contribution is 8.16. The Labute approximate surface area is 222 Å². The fraction of sp³-hybridized carbons (Fsp3) is 0.111. The molecule has 9 nitrogen and oxygen atoms in total. The van der Waals surface area contributed by atoms with Gasteiger partial charge in [-0.15, -0.1) is 0 Å². The molecule has 2 amide bonds. The highest BCUT2D eigenvalue weighted by atomic mass is 32.2. The summed E-state index contributed by atoms with van der Waals surface area (Å²) >= 11 is 0.990. The number of methoxy groups -OCH3 is 2. The number of hydrogen-bond donors (Lipinski definition) is 3. The molecule has 0 aliphatic carbocycles. The molecule has 38 heavy (non-hydrogen) atoms. The van der Waals surface area contributed by atoms with Gasteiger partial charge in [0.1, 0.15) is 16.1 Å². The highest BCUT2D eigenvalue weighted by Gasteiger charge is 2.38. The zero-order valence-electron chi connectivity index (χ0n) is 20.3. The predicted molar refractivity (Wildman–Crippen MR) is 144 cm³/mol.